The summed E-state index contributed by atoms with van der Waals surface area (Å²) in [5.41, 5.74) is 3.18. The monoisotopic (exact) mass is 462 g/mol. The van der Waals surface area contributed by atoms with Crippen LogP contribution in [0.2, 0.25) is 0 Å². The van der Waals surface area contributed by atoms with Gasteiger partial charge in [-0.05, 0) is 43.9 Å². The lowest BCUT2D eigenvalue weighted by molar-refractivity contribution is -0.126. The molecular formula is C25H26N4O3S. The van der Waals surface area contributed by atoms with Gasteiger partial charge in [0.05, 0.1) is 12.3 Å². The Morgan fingerprint density at radius 2 is 1.97 bits per heavy atom. The number of nitrogens with zero attached hydrogens (tertiary/aromatic N) is 4. The molecule has 0 bridgehead atoms. The first-order valence-electron chi connectivity index (χ1n) is 11.2. The predicted molar refractivity (Wildman–Crippen MR) is 127 cm³/mol. The summed E-state index contributed by atoms with van der Waals surface area (Å²) in [6.45, 7) is 3.52. The number of benzene rings is 2. The van der Waals surface area contributed by atoms with Crippen LogP contribution in [0.3, 0.4) is 0 Å². The molecule has 5 rings (SSSR count). The van der Waals surface area contributed by atoms with Crippen molar-refractivity contribution < 1.29 is 14.3 Å². The third-order valence-corrected chi connectivity index (χ3v) is 6.78. The van der Waals surface area contributed by atoms with E-state index in [2.05, 4.69) is 20.8 Å². The molecule has 1 aromatic heterocycles. The van der Waals surface area contributed by atoms with E-state index >= 15 is 0 Å². The Morgan fingerprint density at radius 1 is 1.12 bits per heavy atom. The second kappa shape index (κ2) is 9.70. The Morgan fingerprint density at radius 3 is 2.76 bits per heavy atom. The van der Waals surface area contributed by atoms with Crippen LogP contribution in [0, 0.1) is 0 Å². The standard InChI is InChI=1S/C25H26N4O3S/c1-2-28(20-10-6-7-11-20)23(30)16-33-25-27-26-24(19-8-4-3-5-9-19)29(25)15-18-12-13-21-22(14-18)32-17-31-21/h3-5,8-10,12-14H,2,6-7,11,15-17H2,1H3. The van der Waals surface area contributed by atoms with Crippen LogP contribution in [0.5, 0.6) is 11.5 Å². The Kier molecular flexibility index (Phi) is 6.35. The number of aromatic nitrogens is 3. The molecule has 1 aliphatic heterocycles. The van der Waals surface area contributed by atoms with Crippen molar-refractivity contribution in [2.45, 2.75) is 37.9 Å². The van der Waals surface area contributed by atoms with Crippen LogP contribution in [0.25, 0.3) is 11.4 Å². The van der Waals surface area contributed by atoms with E-state index in [9.17, 15) is 4.79 Å². The maximum Gasteiger partial charge on any atom is 0.237 e. The molecule has 0 fully saturated rings. The molecule has 0 saturated heterocycles. The zero-order chi connectivity index (χ0) is 22.6. The smallest absolute Gasteiger partial charge is 0.237 e. The Hall–Kier alpha value is -3.26. The van der Waals surface area contributed by atoms with Crippen LogP contribution >= 0.6 is 11.8 Å². The fourth-order valence-corrected chi connectivity index (χ4v) is 5.02. The van der Waals surface area contributed by atoms with Crippen LogP contribution in [-0.4, -0.2) is 44.7 Å². The number of fused-ring (bicyclic) bond motifs is 1. The van der Waals surface area contributed by atoms with Gasteiger partial charge in [0.15, 0.2) is 22.5 Å². The Labute approximate surface area is 197 Å². The Bertz CT molecular complexity index is 1180. The van der Waals surface area contributed by atoms with E-state index in [-0.39, 0.29) is 12.7 Å². The number of carbonyl (C=O) groups excluding carboxylic acids is 1. The number of carbonyl (C=O) groups is 1. The first-order valence-corrected chi connectivity index (χ1v) is 12.2. The number of rotatable bonds is 8. The molecule has 7 nitrogen and oxygen atoms in total. The summed E-state index contributed by atoms with van der Waals surface area (Å²) >= 11 is 1.43. The number of hydrogen-bond acceptors (Lipinski definition) is 6. The zero-order valence-electron chi connectivity index (χ0n) is 18.6. The molecule has 1 aliphatic carbocycles. The van der Waals surface area contributed by atoms with Gasteiger partial charge in [0.1, 0.15) is 0 Å². The lowest BCUT2D eigenvalue weighted by Crippen LogP contribution is -2.31. The van der Waals surface area contributed by atoms with E-state index in [1.165, 1.54) is 11.8 Å². The van der Waals surface area contributed by atoms with Crippen molar-refractivity contribution in [3.05, 3.63) is 65.9 Å². The lowest BCUT2D eigenvalue weighted by atomic mass is 10.2. The number of allylic oxidation sites excluding steroid dienone is 2. The molecular weight excluding hydrogens is 436 g/mol. The molecule has 1 amide bonds. The molecule has 8 heteroatoms. The SMILES string of the molecule is CCN(C(=O)CSc1nnc(-c2ccccc2)n1Cc1ccc2c(c1)OCO2)C1=CCCC1. The molecule has 2 heterocycles. The first kappa shape index (κ1) is 21.6. The molecule has 0 radical (unpaired) electrons. The fourth-order valence-electron chi connectivity index (χ4n) is 4.20. The van der Waals surface area contributed by atoms with Gasteiger partial charge in [-0.25, -0.2) is 0 Å². The van der Waals surface area contributed by atoms with Crippen LogP contribution < -0.4 is 9.47 Å². The van der Waals surface area contributed by atoms with E-state index in [0.717, 1.165) is 58.6 Å². The maximum absolute atomic E-state index is 13.0. The van der Waals surface area contributed by atoms with Gasteiger partial charge < -0.3 is 14.4 Å². The lowest BCUT2D eigenvalue weighted by Gasteiger charge is -2.22. The van der Waals surface area contributed by atoms with Crippen molar-refractivity contribution in [3.63, 3.8) is 0 Å². The second-order valence-electron chi connectivity index (χ2n) is 7.96. The molecule has 2 aromatic carbocycles. The molecule has 33 heavy (non-hydrogen) atoms. The van der Waals surface area contributed by atoms with E-state index in [0.29, 0.717) is 18.8 Å². The van der Waals surface area contributed by atoms with Crippen LogP contribution in [-0.2, 0) is 11.3 Å². The summed E-state index contributed by atoms with van der Waals surface area (Å²) in [5.74, 6) is 2.70. The highest BCUT2D eigenvalue weighted by molar-refractivity contribution is 7.99. The molecule has 0 N–H and O–H groups in total. The fraction of sp³-hybridized carbons (Fsp3) is 0.320. The van der Waals surface area contributed by atoms with Crippen LogP contribution in [0.4, 0.5) is 0 Å². The van der Waals surface area contributed by atoms with Gasteiger partial charge in [-0.3, -0.25) is 9.36 Å². The molecule has 3 aromatic rings. The predicted octanol–water partition coefficient (Wildman–Crippen LogP) is 4.73. The topological polar surface area (TPSA) is 69.5 Å². The highest BCUT2D eigenvalue weighted by atomic mass is 32.2. The Balaban J connectivity index is 1.40. The molecule has 170 valence electrons. The van der Waals surface area contributed by atoms with Gasteiger partial charge in [0, 0.05) is 17.8 Å². The molecule has 0 spiro atoms. The average molecular weight is 463 g/mol. The first-order chi connectivity index (χ1) is 16.2. The summed E-state index contributed by atoms with van der Waals surface area (Å²) < 4.78 is 13.1. The maximum atomic E-state index is 13.0. The van der Waals surface area contributed by atoms with Gasteiger partial charge in [-0.2, -0.15) is 0 Å². The second-order valence-corrected chi connectivity index (χ2v) is 8.90. The van der Waals surface area contributed by atoms with Gasteiger partial charge in [-0.1, -0.05) is 54.2 Å². The summed E-state index contributed by atoms with van der Waals surface area (Å²) in [6.07, 6.45) is 5.33. The minimum absolute atomic E-state index is 0.106. The third-order valence-electron chi connectivity index (χ3n) is 5.83. The largest absolute Gasteiger partial charge is 0.454 e. The van der Waals surface area contributed by atoms with Crippen molar-refractivity contribution in [1.82, 2.24) is 19.7 Å². The summed E-state index contributed by atoms with van der Waals surface area (Å²) in [5, 5.41) is 9.64. The normalized spacial score (nSPS) is 14.4. The van der Waals surface area contributed by atoms with Crippen LogP contribution in [0.1, 0.15) is 31.7 Å². The van der Waals surface area contributed by atoms with Crippen molar-refractivity contribution in [3.8, 4) is 22.9 Å². The number of hydrogen-bond donors (Lipinski definition) is 0. The third kappa shape index (κ3) is 4.61. The van der Waals surface area contributed by atoms with Gasteiger partial charge in [0.2, 0.25) is 12.7 Å². The van der Waals surface area contributed by atoms with Crippen molar-refractivity contribution in [2.75, 3.05) is 19.1 Å². The minimum atomic E-state index is 0.106. The summed E-state index contributed by atoms with van der Waals surface area (Å²) in [4.78, 5) is 14.9. The van der Waals surface area contributed by atoms with E-state index in [4.69, 9.17) is 9.47 Å². The quantitative estimate of drug-likeness (QED) is 0.451. The zero-order valence-corrected chi connectivity index (χ0v) is 19.4. The van der Waals surface area contributed by atoms with E-state index < -0.39 is 0 Å². The van der Waals surface area contributed by atoms with Crippen LogP contribution in [0.15, 0.2) is 65.5 Å². The number of amides is 1. The van der Waals surface area contributed by atoms with Gasteiger partial charge in [-0.15, -0.1) is 10.2 Å². The van der Waals surface area contributed by atoms with Crippen molar-refractivity contribution in [2.24, 2.45) is 0 Å². The van der Waals surface area contributed by atoms with Gasteiger partial charge >= 0.3 is 0 Å². The highest BCUT2D eigenvalue weighted by Crippen LogP contribution is 2.34. The van der Waals surface area contributed by atoms with Crippen molar-refractivity contribution >= 4 is 17.7 Å². The molecule has 0 unspecified atom stereocenters. The summed E-state index contributed by atoms with van der Waals surface area (Å²) in [7, 11) is 0. The number of thioether (sulfide) groups is 1. The number of ether oxygens (including phenoxy) is 2. The van der Waals surface area contributed by atoms with E-state index in [1.807, 2.05) is 60.4 Å². The molecule has 0 saturated carbocycles. The highest BCUT2D eigenvalue weighted by Gasteiger charge is 2.22. The van der Waals surface area contributed by atoms with Crippen molar-refractivity contribution in [1.29, 1.82) is 0 Å². The van der Waals surface area contributed by atoms with E-state index in [1.54, 1.807) is 0 Å². The average Bonchev–Trinajstić information content (AvgIpc) is 3.60. The minimum Gasteiger partial charge on any atom is -0.454 e. The molecule has 0 atom stereocenters. The molecule has 2 aliphatic rings. The van der Waals surface area contributed by atoms with Gasteiger partial charge in [0.25, 0.3) is 0 Å². The summed E-state index contributed by atoms with van der Waals surface area (Å²) in [6, 6.07) is 15.9.